The number of ether oxygens (including phenoxy) is 1. The van der Waals surface area contributed by atoms with Crippen LogP contribution in [0.2, 0.25) is 0 Å². The molecule has 0 aliphatic heterocycles. The van der Waals surface area contributed by atoms with E-state index < -0.39 is 0 Å². The average Bonchev–Trinajstić information content (AvgIpc) is 3.24. The van der Waals surface area contributed by atoms with E-state index in [1.54, 1.807) is 7.11 Å². The molecule has 0 saturated heterocycles. The number of rotatable bonds is 9. The predicted octanol–water partition coefficient (Wildman–Crippen LogP) is 1.68. The molecule has 1 rings (SSSR count). The summed E-state index contributed by atoms with van der Waals surface area (Å²) in [5, 5.41) is 6.61. The summed E-state index contributed by atoms with van der Waals surface area (Å²) in [6.45, 7) is 7.75. The summed E-state index contributed by atoms with van der Waals surface area (Å²) in [6.07, 6.45) is 3.69. The van der Waals surface area contributed by atoms with Crippen LogP contribution in [0, 0.1) is 0 Å². The third kappa shape index (κ3) is 8.26. The van der Waals surface area contributed by atoms with Gasteiger partial charge in [-0.25, -0.2) is 0 Å². The maximum atomic E-state index is 5.04. The Labute approximate surface area is 140 Å². The topological polar surface area (TPSA) is 48.9 Å². The third-order valence-electron chi connectivity index (χ3n) is 3.49. The lowest BCUT2D eigenvalue weighted by atomic mass is 10.3. The van der Waals surface area contributed by atoms with Gasteiger partial charge in [0, 0.05) is 38.9 Å². The van der Waals surface area contributed by atoms with Crippen molar-refractivity contribution in [1.29, 1.82) is 0 Å². The van der Waals surface area contributed by atoms with E-state index in [4.69, 9.17) is 4.74 Å². The van der Waals surface area contributed by atoms with Gasteiger partial charge in [-0.1, -0.05) is 0 Å². The number of likely N-dealkylation sites (N-methyl/N-ethyl adjacent to an activating group) is 1. The van der Waals surface area contributed by atoms with Gasteiger partial charge in [-0.05, 0) is 40.2 Å². The van der Waals surface area contributed by atoms with Crippen molar-refractivity contribution >= 4 is 29.9 Å². The molecule has 0 heterocycles. The highest BCUT2D eigenvalue weighted by Crippen LogP contribution is 2.26. The fourth-order valence-corrected chi connectivity index (χ4v) is 1.96. The zero-order valence-corrected chi connectivity index (χ0v) is 15.6. The molecule has 5 nitrogen and oxygen atoms in total. The molecule has 1 aliphatic carbocycles. The van der Waals surface area contributed by atoms with Crippen LogP contribution in [0.3, 0.4) is 0 Å². The molecule has 1 saturated carbocycles. The third-order valence-corrected chi connectivity index (χ3v) is 3.49. The highest BCUT2D eigenvalue weighted by molar-refractivity contribution is 14.0. The first-order chi connectivity index (χ1) is 9.19. The second-order valence-electron chi connectivity index (χ2n) is 5.24. The molecule has 0 amide bonds. The van der Waals surface area contributed by atoms with Crippen molar-refractivity contribution in [2.24, 2.45) is 4.99 Å². The van der Waals surface area contributed by atoms with Gasteiger partial charge in [0.25, 0.3) is 0 Å². The number of guanidine groups is 1. The van der Waals surface area contributed by atoms with E-state index in [-0.39, 0.29) is 24.0 Å². The van der Waals surface area contributed by atoms with Gasteiger partial charge in [-0.3, -0.25) is 9.89 Å². The fraction of sp³-hybridized carbons (Fsp3) is 0.929. The smallest absolute Gasteiger partial charge is 0.191 e. The Morgan fingerprint density at radius 2 is 2.10 bits per heavy atom. The lowest BCUT2D eigenvalue weighted by molar-refractivity contribution is 0.195. The van der Waals surface area contributed by atoms with Crippen molar-refractivity contribution in [2.45, 2.75) is 45.2 Å². The van der Waals surface area contributed by atoms with Crippen molar-refractivity contribution < 1.29 is 4.74 Å². The number of nitrogens with zero attached hydrogens (tertiary/aromatic N) is 2. The molecule has 6 heteroatoms. The highest BCUT2D eigenvalue weighted by Gasteiger charge is 2.28. The average molecular weight is 398 g/mol. The van der Waals surface area contributed by atoms with Crippen LogP contribution in [0.4, 0.5) is 0 Å². The first-order valence-electron chi connectivity index (χ1n) is 7.42. The molecule has 0 bridgehead atoms. The minimum Gasteiger partial charge on any atom is -0.385 e. The zero-order valence-electron chi connectivity index (χ0n) is 13.3. The maximum Gasteiger partial charge on any atom is 0.191 e. The summed E-state index contributed by atoms with van der Waals surface area (Å²) in [7, 11) is 3.94. The van der Waals surface area contributed by atoms with E-state index in [2.05, 4.69) is 41.4 Å². The lowest BCUT2D eigenvalue weighted by Gasteiger charge is -2.23. The number of hydrogen-bond acceptors (Lipinski definition) is 3. The molecule has 1 unspecified atom stereocenters. The van der Waals surface area contributed by atoms with Crippen molar-refractivity contribution in [3.63, 3.8) is 0 Å². The van der Waals surface area contributed by atoms with Crippen LogP contribution in [0.1, 0.15) is 33.1 Å². The summed E-state index contributed by atoms with van der Waals surface area (Å²) in [6, 6.07) is 1.30. The van der Waals surface area contributed by atoms with Crippen LogP contribution in [-0.2, 0) is 4.74 Å². The summed E-state index contributed by atoms with van der Waals surface area (Å²) < 4.78 is 5.04. The standard InChI is InChI=1S/C14H30N4O.HI/c1-5-15-14(16-9-6-10-19-4)17-11-12(2)18(3)13-7-8-13;/h12-13H,5-11H2,1-4H3,(H2,15,16,17);1H. The largest absolute Gasteiger partial charge is 0.385 e. The zero-order chi connectivity index (χ0) is 14.1. The molecule has 0 aromatic carbocycles. The summed E-state index contributed by atoms with van der Waals surface area (Å²) in [4.78, 5) is 7.10. The second kappa shape index (κ2) is 11.6. The van der Waals surface area contributed by atoms with Crippen LogP contribution in [-0.4, -0.2) is 63.3 Å². The lowest BCUT2D eigenvalue weighted by Crippen LogP contribution is -2.40. The Kier molecular flexibility index (Phi) is 11.5. The van der Waals surface area contributed by atoms with Gasteiger partial charge < -0.3 is 15.4 Å². The molecule has 1 atom stereocenters. The van der Waals surface area contributed by atoms with E-state index in [1.165, 1.54) is 12.8 Å². The van der Waals surface area contributed by atoms with E-state index in [9.17, 15) is 0 Å². The van der Waals surface area contributed by atoms with Gasteiger partial charge in [0.05, 0.1) is 6.54 Å². The number of halogens is 1. The second-order valence-corrected chi connectivity index (χ2v) is 5.24. The first-order valence-corrected chi connectivity index (χ1v) is 7.42. The fourth-order valence-electron chi connectivity index (χ4n) is 1.96. The molecular weight excluding hydrogens is 367 g/mol. The Bertz CT molecular complexity index is 272. The molecule has 1 aliphatic rings. The summed E-state index contributed by atoms with van der Waals surface area (Å²) in [5.41, 5.74) is 0. The van der Waals surface area contributed by atoms with Gasteiger partial charge >= 0.3 is 0 Å². The molecular formula is C14H31IN4O. The molecule has 20 heavy (non-hydrogen) atoms. The summed E-state index contributed by atoms with van der Waals surface area (Å²) >= 11 is 0. The molecule has 0 spiro atoms. The monoisotopic (exact) mass is 398 g/mol. The van der Waals surface area contributed by atoms with Crippen LogP contribution in [0.15, 0.2) is 4.99 Å². The molecule has 0 radical (unpaired) electrons. The minimum atomic E-state index is 0. The minimum absolute atomic E-state index is 0. The Balaban J connectivity index is 0.00000361. The van der Waals surface area contributed by atoms with Gasteiger partial charge in [-0.15, -0.1) is 24.0 Å². The van der Waals surface area contributed by atoms with Gasteiger partial charge in [0.1, 0.15) is 0 Å². The van der Waals surface area contributed by atoms with Crippen LogP contribution in [0.5, 0.6) is 0 Å². The van der Waals surface area contributed by atoms with Gasteiger partial charge in [-0.2, -0.15) is 0 Å². The molecule has 1 fully saturated rings. The van der Waals surface area contributed by atoms with Crippen molar-refractivity contribution in [2.75, 3.05) is 40.4 Å². The van der Waals surface area contributed by atoms with Crippen molar-refractivity contribution in [3.8, 4) is 0 Å². The Hall–Kier alpha value is -0.0800. The highest BCUT2D eigenvalue weighted by atomic mass is 127. The molecule has 0 aromatic rings. The van der Waals surface area contributed by atoms with E-state index in [0.29, 0.717) is 6.04 Å². The molecule has 120 valence electrons. The number of aliphatic imine (C=N–C) groups is 1. The van der Waals surface area contributed by atoms with Crippen LogP contribution < -0.4 is 10.6 Å². The number of nitrogens with one attached hydrogen (secondary N) is 2. The normalized spacial score (nSPS) is 16.8. The van der Waals surface area contributed by atoms with E-state index in [1.807, 2.05) is 0 Å². The maximum absolute atomic E-state index is 5.04. The molecule has 2 N–H and O–H groups in total. The quantitative estimate of drug-likeness (QED) is 0.269. The Morgan fingerprint density at radius 3 is 2.65 bits per heavy atom. The van der Waals surface area contributed by atoms with Crippen LogP contribution >= 0.6 is 24.0 Å². The number of methoxy groups -OCH3 is 1. The van der Waals surface area contributed by atoms with Gasteiger partial charge in [0.15, 0.2) is 5.96 Å². The summed E-state index contributed by atoms with van der Waals surface area (Å²) in [5.74, 6) is 0.912. The Morgan fingerprint density at radius 1 is 1.40 bits per heavy atom. The van der Waals surface area contributed by atoms with Gasteiger partial charge in [0.2, 0.25) is 0 Å². The molecule has 0 aromatic heterocycles. The van der Waals surface area contributed by atoms with E-state index in [0.717, 1.165) is 44.7 Å². The van der Waals surface area contributed by atoms with E-state index >= 15 is 0 Å². The number of hydrogen-bond donors (Lipinski definition) is 2. The predicted molar refractivity (Wildman–Crippen MR) is 96.1 cm³/mol. The first kappa shape index (κ1) is 19.9. The van der Waals surface area contributed by atoms with Crippen molar-refractivity contribution in [3.05, 3.63) is 0 Å². The van der Waals surface area contributed by atoms with Crippen LogP contribution in [0.25, 0.3) is 0 Å². The van der Waals surface area contributed by atoms with Crippen molar-refractivity contribution in [1.82, 2.24) is 15.5 Å². The SMILES string of the molecule is CCNC(=NCC(C)N(C)C1CC1)NCCCOC.I.